The van der Waals surface area contributed by atoms with Crippen LogP contribution in [0.4, 0.5) is 17.1 Å². The molecule has 0 unspecified atom stereocenters. The van der Waals surface area contributed by atoms with Gasteiger partial charge in [0.15, 0.2) is 0 Å². The van der Waals surface area contributed by atoms with Crippen LogP contribution < -0.4 is 15.4 Å². The van der Waals surface area contributed by atoms with Crippen LogP contribution in [-0.4, -0.2) is 18.0 Å². The molecule has 0 bridgehead atoms. The molecule has 6 heteroatoms. The number of benzene rings is 2. The fourth-order valence-corrected chi connectivity index (χ4v) is 2.40. The van der Waals surface area contributed by atoms with Crippen LogP contribution in [0.3, 0.4) is 0 Å². The van der Waals surface area contributed by atoms with Crippen LogP contribution in [0, 0.1) is 0 Å². The Hall–Kier alpha value is -3.05. The smallest absolute Gasteiger partial charge is 0.257 e. The third-order valence-corrected chi connectivity index (χ3v) is 3.74. The highest BCUT2D eigenvalue weighted by Gasteiger charge is 2.10. The summed E-state index contributed by atoms with van der Waals surface area (Å²) in [6, 6.07) is 16.2. The minimum absolute atomic E-state index is 0.267. The van der Waals surface area contributed by atoms with Crippen LogP contribution in [0.5, 0.6) is 5.75 Å². The Morgan fingerprint density at radius 2 is 1.80 bits per heavy atom. The molecule has 2 aromatic carbocycles. The molecule has 0 spiro atoms. The molecule has 3 rings (SSSR count). The summed E-state index contributed by atoms with van der Waals surface area (Å²) in [5.74, 6) is 0.330. The zero-order chi connectivity index (χ0) is 17.6. The third kappa shape index (κ3) is 4.28. The predicted molar refractivity (Wildman–Crippen MR) is 99.9 cm³/mol. The highest BCUT2D eigenvalue weighted by Crippen LogP contribution is 2.24. The zero-order valence-corrected chi connectivity index (χ0v) is 14.2. The molecule has 3 aromatic rings. The Bertz CT molecular complexity index is 882. The van der Waals surface area contributed by atoms with Gasteiger partial charge in [0.2, 0.25) is 0 Å². The molecular formula is C19H16ClN3O2. The van der Waals surface area contributed by atoms with Crippen molar-refractivity contribution in [2.75, 3.05) is 17.7 Å². The van der Waals surface area contributed by atoms with Crippen LogP contribution in [0.15, 0.2) is 67.0 Å². The minimum Gasteiger partial charge on any atom is -0.495 e. The van der Waals surface area contributed by atoms with E-state index in [-0.39, 0.29) is 5.91 Å². The van der Waals surface area contributed by atoms with Gasteiger partial charge in [0.25, 0.3) is 5.91 Å². The molecule has 0 saturated carbocycles. The molecule has 126 valence electrons. The van der Waals surface area contributed by atoms with E-state index in [1.54, 1.807) is 43.6 Å². The molecule has 0 aliphatic rings. The first kappa shape index (κ1) is 16.8. The number of carbonyl (C=O) groups excluding carboxylic acids is 1. The second kappa shape index (κ2) is 7.68. The molecule has 1 aromatic heterocycles. The average Bonchev–Trinajstić information content (AvgIpc) is 2.64. The number of para-hydroxylation sites is 2. The van der Waals surface area contributed by atoms with Gasteiger partial charge in [0, 0.05) is 16.9 Å². The third-order valence-electron chi connectivity index (χ3n) is 3.49. The first-order valence-electron chi connectivity index (χ1n) is 7.58. The summed E-state index contributed by atoms with van der Waals surface area (Å²) in [6.45, 7) is 0. The largest absolute Gasteiger partial charge is 0.495 e. The predicted octanol–water partition coefficient (Wildman–Crippen LogP) is 4.74. The summed E-state index contributed by atoms with van der Waals surface area (Å²) in [4.78, 5) is 16.6. The summed E-state index contributed by atoms with van der Waals surface area (Å²) >= 11 is 5.88. The maximum absolute atomic E-state index is 12.5. The topological polar surface area (TPSA) is 63.2 Å². The van der Waals surface area contributed by atoms with Gasteiger partial charge >= 0.3 is 0 Å². The van der Waals surface area contributed by atoms with Crippen molar-refractivity contribution in [1.82, 2.24) is 4.98 Å². The molecule has 1 heterocycles. The van der Waals surface area contributed by atoms with Crippen LogP contribution in [-0.2, 0) is 0 Å². The van der Waals surface area contributed by atoms with Crippen LogP contribution >= 0.6 is 11.6 Å². The highest BCUT2D eigenvalue weighted by atomic mass is 35.5. The Balaban J connectivity index is 1.76. The van der Waals surface area contributed by atoms with E-state index in [1.807, 2.05) is 24.3 Å². The number of pyridine rings is 1. The first-order chi connectivity index (χ1) is 12.2. The van der Waals surface area contributed by atoms with Gasteiger partial charge in [-0.25, -0.2) is 0 Å². The van der Waals surface area contributed by atoms with E-state index in [9.17, 15) is 4.79 Å². The molecule has 0 aliphatic carbocycles. The lowest BCUT2D eigenvalue weighted by atomic mass is 10.2. The molecule has 5 nitrogen and oxygen atoms in total. The summed E-state index contributed by atoms with van der Waals surface area (Å²) in [5, 5.41) is 6.67. The van der Waals surface area contributed by atoms with Gasteiger partial charge in [-0.05, 0) is 42.5 Å². The van der Waals surface area contributed by atoms with Gasteiger partial charge in [-0.1, -0.05) is 23.7 Å². The normalized spacial score (nSPS) is 10.2. The second-order valence-electron chi connectivity index (χ2n) is 5.25. The fraction of sp³-hybridized carbons (Fsp3) is 0.0526. The Morgan fingerprint density at radius 3 is 2.56 bits per heavy atom. The van der Waals surface area contributed by atoms with Gasteiger partial charge < -0.3 is 15.4 Å². The number of halogens is 1. The van der Waals surface area contributed by atoms with Gasteiger partial charge in [0.05, 0.1) is 30.2 Å². The summed E-state index contributed by atoms with van der Waals surface area (Å²) in [5.41, 5.74) is 2.60. The van der Waals surface area contributed by atoms with E-state index in [4.69, 9.17) is 16.3 Å². The first-order valence-corrected chi connectivity index (χ1v) is 7.95. The maximum atomic E-state index is 12.5. The summed E-state index contributed by atoms with van der Waals surface area (Å²) in [6.07, 6.45) is 3.16. The van der Waals surface area contributed by atoms with Crippen molar-refractivity contribution in [2.45, 2.75) is 0 Å². The van der Waals surface area contributed by atoms with E-state index >= 15 is 0 Å². The highest BCUT2D eigenvalue weighted by molar-refractivity contribution is 6.30. The SMILES string of the molecule is COc1ccccc1NC(=O)c1cncc(Nc2ccc(Cl)cc2)c1. The number of aromatic nitrogens is 1. The maximum Gasteiger partial charge on any atom is 0.257 e. The Labute approximate surface area is 150 Å². The monoisotopic (exact) mass is 353 g/mol. The van der Waals surface area contributed by atoms with Crippen molar-refractivity contribution < 1.29 is 9.53 Å². The number of amides is 1. The van der Waals surface area contributed by atoms with Crippen LogP contribution in [0.1, 0.15) is 10.4 Å². The molecule has 0 radical (unpaired) electrons. The van der Waals surface area contributed by atoms with Crippen molar-refractivity contribution >= 4 is 34.6 Å². The van der Waals surface area contributed by atoms with Gasteiger partial charge in [0.1, 0.15) is 5.75 Å². The van der Waals surface area contributed by atoms with Crippen molar-refractivity contribution in [3.8, 4) is 5.75 Å². The van der Waals surface area contributed by atoms with Crippen molar-refractivity contribution in [3.63, 3.8) is 0 Å². The molecule has 2 N–H and O–H groups in total. The molecule has 0 fully saturated rings. The van der Waals surface area contributed by atoms with E-state index in [1.165, 1.54) is 6.20 Å². The summed E-state index contributed by atoms with van der Waals surface area (Å²) in [7, 11) is 1.56. The number of hydrogen-bond acceptors (Lipinski definition) is 4. The van der Waals surface area contributed by atoms with Gasteiger partial charge in [-0.3, -0.25) is 9.78 Å². The molecule has 1 amide bonds. The molecular weight excluding hydrogens is 338 g/mol. The quantitative estimate of drug-likeness (QED) is 0.695. The Morgan fingerprint density at radius 1 is 1.04 bits per heavy atom. The van der Waals surface area contributed by atoms with Crippen molar-refractivity contribution in [1.29, 1.82) is 0 Å². The van der Waals surface area contributed by atoms with E-state index in [0.717, 1.165) is 5.69 Å². The lowest BCUT2D eigenvalue weighted by Gasteiger charge is -2.11. The molecule has 0 atom stereocenters. The lowest BCUT2D eigenvalue weighted by Crippen LogP contribution is -2.13. The second-order valence-corrected chi connectivity index (χ2v) is 5.69. The average molecular weight is 354 g/mol. The summed E-state index contributed by atoms with van der Waals surface area (Å²) < 4.78 is 5.24. The number of rotatable bonds is 5. The van der Waals surface area contributed by atoms with Crippen molar-refractivity contribution in [2.24, 2.45) is 0 Å². The zero-order valence-electron chi connectivity index (χ0n) is 13.5. The number of anilines is 3. The van der Waals surface area contributed by atoms with Gasteiger partial charge in [-0.2, -0.15) is 0 Å². The Kier molecular flexibility index (Phi) is 5.16. The minimum atomic E-state index is -0.267. The fourth-order valence-electron chi connectivity index (χ4n) is 2.27. The van der Waals surface area contributed by atoms with Gasteiger partial charge in [-0.15, -0.1) is 0 Å². The number of methoxy groups -OCH3 is 1. The van der Waals surface area contributed by atoms with E-state index in [2.05, 4.69) is 15.6 Å². The van der Waals surface area contributed by atoms with E-state index < -0.39 is 0 Å². The molecule has 25 heavy (non-hydrogen) atoms. The van der Waals surface area contributed by atoms with Crippen LogP contribution in [0.2, 0.25) is 5.02 Å². The molecule has 0 saturated heterocycles. The van der Waals surface area contributed by atoms with Crippen molar-refractivity contribution in [3.05, 3.63) is 77.6 Å². The standard InChI is InChI=1S/C19H16ClN3O2/c1-25-18-5-3-2-4-17(18)23-19(24)13-10-16(12-21-11-13)22-15-8-6-14(20)7-9-15/h2-12,22H,1H3,(H,23,24). The molecule has 0 aliphatic heterocycles. The number of carbonyl (C=O) groups is 1. The number of nitrogens with one attached hydrogen (secondary N) is 2. The lowest BCUT2D eigenvalue weighted by molar-refractivity contribution is 0.102. The number of nitrogens with zero attached hydrogens (tertiary/aromatic N) is 1. The van der Waals surface area contributed by atoms with E-state index in [0.29, 0.717) is 27.7 Å². The number of ether oxygens (including phenoxy) is 1. The van der Waals surface area contributed by atoms with Crippen LogP contribution in [0.25, 0.3) is 0 Å². The number of hydrogen-bond donors (Lipinski definition) is 2.